The van der Waals surface area contributed by atoms with Crippen LogP contribution in [0.4, 0.5) is 0 Å². The topological polar surface area (TPSA) is 98.5 Å². The maximum absolute atomic E-state index is 11.4. The van der Waals surface area contributed by atoms with E-state index < -0.39 is 10.0 Å². The van der Waals surface area contributed by atoms with Crippen LogP contribution in [0.15, 0.2) is 23.1 Å². The van der Waals surface area contributed by atoms with Crippen molar-refractivity contribution in [2.75, 3.05) is 13.2 Å². The van der Waals surface area contributed by atoms with E-state index in [1.807, 2.05) is 20.8 Å². The molecule has 1 aromatic rings. The summed E-state index contributed by atoms with van der Waals surface area (Å²) < 4.78 is 28.3. The van der Waals surface area contributed by atoms with Gasteiger partial charge in [0.1, 0.15) is 5.75 Å². The number of carbonyl (C=O) groups is 1. The number of nitrogens with one attached hydrogen (secondary N) is 1. The molecule has 7 heteroatoms. The molecule has 1 rings (SSSR count). The monoisotopic (exact) mass is 314 g/mol. The summed E-state index contributed by atoms with van der Waals surface area (Å²) in [5, 5.41) is 7.81. The zero-order valence-corrected chi connectivity index (χ0v) is 13.4. The van der Waals surface area contributed by atoms with Crippen molar-refractivity contribution in [2.24, 2.45) is 5.14 Å². The van der Waals surface area contributed by atoms with Gasteiger partial charge in [0.2, 0.25) is 15.9 Å². The van der Waals surface area contributed by atoms with Crippen molar-refractivity contribution in [3.63, 3.8) is 0 Å². The molecule has 0 fully saturated rings. The van der Waals surface area contributed by atoms with E-state index in [4.69, 9.17) is 9.88 Å². The lowest BCUT2D eigenvalue weighted by molar-refractivity contribution is -0.121. The minimum Gasteiger partial charge on any atom is -0.493 e. The number of nitrogens with two attached hydrogens (primary N) is 1. The molecule has 0 unspecified atom stereocenters. The highest BCUT2D eigenvalue weighted by Crippen LogP contribution is 2.28. The second-order valence-corrected chi connectivity index (χ2v) is 6.51. The third-order valence-electron chi connectivity index (χ3n) is 2.89. The smallest absolute Gasteiger partial charge is 0.238 e. The Bertz CT molecular complexity index is 597. The van der Waals surface area contributed by atoms with Crippen LogP contribution >= 0.6 is 0 Å². The van der Waals surface area contributed by atoms with E-state index in [0.29, 0.717) is 12.3 Å². The Labute approximate surface area is 125 Å². The molecule has 118 valence electrons. The van der Waals surface area contributed by atoms with Crippen LogP contribution in [-0.2, 0) is 14.8 Å². The van der Waals surface area contributed by atoms with Gasteiger partial charge in [0, 0.05) is 6.54 Å². The van der Waals surface area contributed by atoms with E-state index >= 15 is 0 Å². The Balaban J connectivity index is 2.85. The molecule has 21 heavy (non-hydrogen) atoms. The largest absolute Gasteiger partial charge is 0.493 e. The molecule has 0 saturated heterocycles. The van der Waals surface area contributed by atoms with Gasteiger partial charge in [-0.2, -0.15) is 0 Å². The fourth-order valence-electron chi connectivity index (χ4n) is 1.83. The zero-order valence-electron chi connectivity index (χ0n) is 12.5. The van der Waals surface area contributed by atoms with Crippen molar-refractivity contribution >= 4 is 15.9 Å². The van der Waals surface area contributed by atoms with Crippen LogP contribution in [0.25, 0.3) is 0 Å². The van der Waals surface area contributed by atoms with Crippen molar-refractivity contribution < 1.29 is 17.9 Å². The molecule has 0 atom stereocenters. The lowest BCUT2D eigenvalue weighted by Gasteiger charge is -2.15. The summed E-state index contributed by atoms with van der Waals surface area (Å²) in [5.41, 5.74) is 0.748. The molecule has 0 spiro atoms. The average molecular weight is 314 g/mol. The van der Waals surface area contributed by atoms with Gasteiger partial charge in [-0.05, 0) is 36.6 Å². The van der Waals surface area contributed by atoms with Gasteiger partial charge in [-0.15, -0.1) is 0 Å². The summed E-state index contributed by atoms with van der Waals surface area (Å²) in [6, 6.07) is 4.50. The first-order valence-electron chi connectivity index (χ1n) is 6.82. The summed E-state index contributed by atoms with van der Waals surface area (Å²) in [5.74, 6) is 0.567. The highest BCUT2D eigenvalue weighted by molar-refractivity contribution is 7.89. The number of amides is 1. The molecule has 0 heterocycles. The predicted octanol–water partition coefficient (Wildman–Crippen LogP) is 1.36. The molecule has 0 aliphatic rings. The van der Waals surface area contributed by atoms with Gasteiger partial charge in [-0.25, -0.2) is 13.6 Å². The normalized spacial score (nSPS) is 11.5. The maximum Gasteiger partial charge on any atom is 0.238 e. The van der Waals surface area contributed by atoms with Gasteiger partial charge in [-0.1, -0.05) is 13.8 Å². The van der Waals surface area contributed by atoms with Gasteiger partial charge in [0.15, 0.2) is 0 Å². The number of primary sulfonamides is 1. The molecule has 0 aliphatic carbocycles. The summed E-state index contributed by atoms with van der Waals surface area (Å²) in [6.45, 7) is 6.53. The maximum atomic E-state index is 11.4. The Hall–Kier alpha value is -1.60. The van der Waals surface area contributed by atoms with E-state index in [0.717, 1.165) is 5.56 Å². The first-order valence-corrected chi connectivity index (χ1v) is 8.36. The lowest BCUT2D eigenvalue weighted by atomic mass is 10.0. The van der Waals surface area contributed by atoms with Gasteiger partial charge < -0.3 is 10.1 Å². The molecular formula is C14H22N2O4S. The van der Waals surface area contributed by atoms with Crippen molar-refractivity contribution in [3.05, 3.63) is 23.8 Å². The van der Waals surface area contributed by atoms with Gasteiger partial charge in [0.25, 0.3) is 0 Å². The third kappa shape index (κ3) is 5.35. The van der Waals surface area contributed by atoms with E-state index in [1.54, 1.807) is 6.07 Å². The van der Waals surface area contributed by atoms with Crippen LogP contribution in [-0.4, -0.2) is 27.5 Å². The fourth-order valence-corrected chi connectivity index (χ4v) is 2.37. The van der Waals surface area contributed by atoms with Gasteiger partial charge in [-0.3, -0.25) is 4.79 Å². The number of benzene rings is 1. The van der Waals surface area contributed by atoms with Crippen molar-refractivity contribution in [1.29, 1.82) is 0 Å². The SMILES string of the molecule is CCNC(=O)CCOc1ccc(S(N)(=O)=O)cc1C(C)C. The van der Waals surface area contributed by atoms with E-state index in [2.05, 4.69) is 5.32 Å². The van der Waals surface area contributed by atoms with Crippen molar-refractivity contribution in [2.45, 2.75) is 38.0 Å². The number of hydrogen-bond acceptors (Lipinski definition) is 4. The quantitative estimate of drug-likeness (QED) is 0.794. The van der Waals surface area contributed by atoms with Crippen molar-refractivity contribution in [3.8, 4) is 5.75 Å². The fraction of sp³-hybridized carbons (Fsp3) is 0.500. The molecule has 6 nitrogen and oxygen atoms in total. The van der Waals surface area contributed by atoms with Crippen LogP contribution in [0.2, 0.25) is 0 Å². The summed E-state index contributed by atoms with van der Waals surface area (Å²) in [4.78, 5) is 11.4. The molecule has 0 aromatic heterocycles. The second kappa shape index (κ2) is 7.42. The first-order chi connectivity index (χ1) is 9.75. The molecule has 0 bridgehead atoms. The zero-order chi connectivity index (χ0) is 16.0. The number of hydrogen-bond donors (Lipinski definition) is 2. The first kappa shape index (κ1) is 17.5. The van der Waals surface area contributed by atoms with Gasteiger partial charge >= 0.3 is 0 Å². The molecule has 0 aliphatic heterocycles. The third-order valence-corrected chi connectivity index (χ3v) is 3.80. The Morgan fingerprint density at radius 2 is 2.05 bits per heavy atom. The highest BCUT2D eigenvalue weighted by Gasteiger charge is 2.14. The molecule has 0 saturated carbocycles. The predicted molar refractivity (Wildman–Crippen MR) is 80.7 cm³/mol. The molecule has 0 radical (unpaired) electrons. The lowest BCUT2D eigenvalue weighted by Crippen LogP contribution is -2.24. The Morgan fingerprint density at radius 3 is 2.57 bits per heavy atom. The molecular weight excluding hydrogens is 292 g/mol. The van der Waals surface area contributed by atoms with E-state index in [-0.39, 0.29) is 29.7 Å². The Kier molecular flexibility index (Phi) is 6.17. The highest BCUT2D eigenvalue weighted by atomic mass is 32.2. The minimum atomic E-state index is -3.74. The van der Waals surface area contributed by atoms with Gasteiger partial charge in [0.05, 0.1) is 17.9 Å². The number of rotatable bonds is 7. The van der Waals surface area contributed by atoms with E-state index in [9.17, 15) is 13.2 Å². The molecule has 1 amide bonds. The average Bonchev–Trinajstić information content (AvgIpc) is 2.37. The van der Waals surface area contributed by atoms with E-state index in [1.165, 1.54) is 12.1 Å². The standard InChI is InChI=1S/C14H22N2O4S/c1-4-16-14(17)7-8-20-13-6-5-11(21(15,18)19)9-12(13)10(2)3/h5-6,9-10H,4,7-8H2,1-3H3,(H,16,17)(H2,15,18,19). The van der Waals surface area contributed by atoms with Crippen LogP contribution in [0.3, 0.4) is 0 Å². The summed E-state index contributed by atoms with van der Waals surface area (Å²) in [7, 11) is -3.74. The number of carbonyl (C=O) groups excluding carboxylic acids is 1. The Morgan fingerprint density at radius 1 is 1.38 bits per heavy atom. The minimum absolute atomic E-state index is 0.0577. The summed E-state index contributed by atoms with van der Waals surface area (Å²) >= 11 is 0. The van der Waals surface area contributed by atoms with Crippen LogP contribution in [0, 0.1) is 0 Å². The number of ether oxygens (including phenoxy) is 1. The van der Waals surface area contributed by atoms with Crippen LogP contribution < -0.4 is 15.2 Å². The second-order valence-electron chi connectivity index (χ2n) is 4.95. The van der Waals surface area contributed by atoms with Crippen molar-refractivity contribution in [1.82, 2.24) is 5.32 Å². The van der Waals surface area contributed by atoms with Crippen LogP contribution in [0.5, 0.6) is 5.75 Å². The van der Waals surface area contributed by atoms with Crippen LogP contribution in [0.1, 0.15) is 38.7 Å². The number of sulfonamides is 1. The summed E-state index contributed by atoms with van der Waals surface area (Å²) in [6.07, 6.45) is 0.252. The molecule has 3 N–H and O–H groups in total. The molecule has 1 aromatic carbocycles.